The Morgan fingerprint density at radius 1 is 1.11 bits per heavy atom. The van der Waals surface area contributed by atoms with Crippen molar-refractivity contribution in [3.8, 4) is 0 Å². The van der Waals surface area contributed by atoms with Crippen molar-refractivity contribution in [1.29, 1.82) is 0 Å². The van der Waals surface area contributed by atoms with Gasteiger partial charge in [0.05, 0.1) is 13.5 Å². The molecule has 1 saturated heterocycles. The minimum absolute atomic E-state index is 0.107. The number of carbonyl (C=O) groups is 1. The molecule has 0 bridgehead atoms. The van der Waals surface area contributed by atoms with Crippen molar-refractivity contribution in [3.05, 3.63) is 12.7 Å². The highest BCUT2D eigenvalue weighted by Crippen LogP contribution is 2.06. The molecule has 1 rings (SSSR count). The van der Waals surface area contributed by atoms with Crippen LogP contribution in [0.2, 0.25) is 0 Å². The van der Waals surface area contributed by atoms with Crippen molar-refractivity contribution in [3.63, 3.8) is 0 Å². The third-order valence-corrected chi connectivity index (χ3v) is 3.71. The number of hydrogen-bond acceptors (Lipinski definition) is 4. The maximum Gasteiger partial charge on any atom is 0.306 e. The van der Waals surface area contributed by atoms with Gasteiger partial charge in [0.2, 0.25) is 0 Å². The van der Waals surface area contributed by atoms with Gasteiger partial charge in [-0.2, -0.15) is 0 Å². The second-order valence-corrected chi connectivity index (χ2v) is 5.15. The number of esters is 1. The summed E-state index contributed by atoms with van der Waals surface area (Å²) in [6, 6.07) is 0. The second kappa shape index (κ2) is 9.98. The molecule has 4 nitrogen and oxygen atoms in total. The Morgan fingerprint density at radius 3 is 2.32 bits per heavy atom. The number of carbonyl (C=O) groups excluding carboxylic acids is 1. The summed E-state index contributed by atoms with van der Waals surface area (Å²) in [4.78, 5) is 16.0. The van der Waals surface area contributed by atoms with E-state index < -0.39 is 0 Å². The van der Waals surface area contributed by atoms with Crippen LogP contribution in [0.4, 0.5) is 0 Å². The minimum atomic E-state index is -0.107. The van der Waals surface area contributed by atoms with Crippen molar-refractivity contribution in [2.45, 2.75) is 32.1 Å². The molecule has 0 saturated carbocycles. The van der Waals surface area contributed by atoms with E-state index in [0.717, 1.165) is 39.1 Å². The fraction of sp³-hybridized carbons (Fsp3) is 0.800. The number of hydrogen-bond donors (Lipinski definition) is 0. The van der Waals surface area contributed by atoms with Crippen molar-refractivity contribution < 1.29 is 9.53 Å². The van der Waals surface area contributed by atoms with Crippen molar-refractivity contribution >= 4 is 5.97 Å². The molecule has 1 fully saturated rings. The first-order valence-corrected chi connectivity index (χ1v) is 7.38. The molecule has 0 N–H and O–H groups in total. The summed E-state index contributed by atoms with van der Waals surface area (Å²) in [5, 5.41) is 0. The predicted molar refractivity (Wildman–Crippen MR) is 78.2 cm³/mol. The molecule has 0 spiro atoms. The number of rotatable bonds is 9. The summed E-state index contributed by atoms with van der Waals surface area (Å²) in [7, 11) is 1.45. The number of unbranched alkanes of at least 4 members (excludes halogenated alkanes) is 3. The first kappa shape index (κ1) is 16.2. The summed E-state index contributed by atoms with van der Waals surface area (Å²) in [5.41, 5.74) is 0. The summed E-state index contributed by atoms with van der Waals surface area (Å²) >= 11 is 0. The molecule has 0 amide bonds. The van der Waals surface area contributed by atoms with Crippen LogP contribution in [0.15, 0.2) is 12.7 Å². The van der Waals surface area contributed by atoms with Crippen LogP contribution >= 0.6 is 0 Å². The lowest BCUT2D eigenvalue weighted by Gasteiger charge is -2.34. The fourth-order valence-electron chi connectivity index (χ4n) is 2.39. The van der Waals surface area contributed by atoms with Gasteiger partial charge in [-0.3, -0.25) is 4.79 Å². The maximum absolute atomic E-state index is 11.1. The van der Waals surface area contributed by atoms with Crippen LogP contribution < -0.4 is 0 Å². The zero-order valence-corrected chi connectivity index (χ0v) is 12.3. The van der Waals surface area contributed by atoms with Gasteiger partial charge in [0.25, 0.3) is 0 Å². The van der Waals surface area contributed by atoms with Crippen molar-refractivity contribution in [1.82, 2.24) is 9.80 Å². The predicted octanol–water partition coefficient (Wildman–Crippen LogP) is 1.91. The summed E-state index contributed by atoms with van der Waals surface area (Å²) in [6.07, 6.45) is 7.51. The molecule has 0 aromatic rings. The van der Waals surface area contributed by atoms with E-state index in [0.29, 0.717) is 6.42 Å². The molecule has 0 radical (unpaired) electrons. The SMILES string of the molecule is C=CCCCCCN1CCN(CCC(=O)OC)CC1. The molecule has 110 valence electrons. The molecule has 0 atom stereocenters. The minimum Gasteiger partial charge on any atom is -0.469 e. The molecular formula is C15H28N2O2. The molecule has 0 unspecified atom stereocenters. The smallest absolute Gasteiger partial charge is 0.306 e. The number of allylic oxidation sites excluding steroid dienone is 1. The van der Waals surface area contributed by atoms with Crippen molar-refractivity contribution in [2.75, 3.05) is 46.4 Å². The number of piperazine rings is 1. The average molecular weight is 268 g/mol. The van der Waals surface area contributed by atoms with E-state index in [1.54, 1.807) is 0 Å². The number of methoxy groups -OCH3 is 1. The lowest BCUT2D eigenvalue weighted by Crippen LogP contribution is -2.47. The van der Waals surface area contributed by atoms with Crippen LogP contribution in [0.5, 0.6) is 0 Å². The van der Waals surface area contributed by atoms with Gasteiger partial charge >= 0.3 is 5.97 Å². The number of nitrogens with zero attached hydrogens (tertiary/aromatic N) is 2. The van der Waals surface area contributed by atoms with Crippen molar-refractivity contribution in [2.24, 2.45) is 0 Å². The normalized spacial score (nSPS) is 17.3. The van der Waals surface area contributed by atoms with E-state index in [4.69, 9.17) is 0 Å². The van der Waals surface area contributed by atoms with Gasteiger partial charge in [0.1, 0.15) is 0 Å². The number of ether oxygens (including phenoxy) is 1. The molecule has 1 heterocycles. The highest BCUT2D eigenvalue weighted by molar-refractivity contribution is 5.69. The molecule has 0 aliphatic carbocycles. The Bertz CT molecular complexity index is 261. The van der Waals surface area contributed by atoms with E-state index in [1.165, 1.54) is 32.9 Å². The van der Waals surface area contributed by atoms with Gasteiger partial charge in [0, 0.05) is 32.7 Å². The monoisotopic (exact) mass is 268 g/mol. The van der Waals surface area contributed by atoms with Gasteiger partial charge in [-0.1, -0.05) is 12.5 Å². The van der Waals surface area contributed by atoms with Crippen LogP contribution in [0.25, 0.3) is 0 Å². The highest BCUT2D eigenvalue weighted by Gasteiger charge is 2.16. The first-order chi connectivity index (χ1) is 9.26. The van der Waals surface area contributed by atoms with Crippen LogP contribution in [0.1, 0.15) is 32.1 Å². The molecule has 1 aliphatic rings. The third-order valence-electron chi connectivity index (χ3n) is 3.71. The van der Waals surface area contributed by atoms with Crippen LogP contribution in [0.3, 0.4) is 0 Å². The topological polar surface area (TPSA) is 32.8 Å². The molecular weight excluding hydrogens is 240 g/mol. The highest BCUT2D eigenvalue weighted by atomic mass is 16.5. The lowest BCUT2D eigenvalue weighted by atomic mass is 10.2. The Kier molecular flexibility index (Phi) is 8.50. The van der Waals surface area contributed by atoms with E-state index in [9.17, 15) is 4.79 Å². The van der Waals surface area contributed by atoms with Crippen LogP contribution in [-0.4, -0.2) is 62.1 Å². The zero-order chi connectivity index (χ0) is 13.9. The van der Waals surface area contributed by atoms with Gasteiger partial charge in [-0.25, -0.2) is 0 Å². The van der Waals surface area contributed by atoms with E-state index >= 15 is 0 Å². The third kappa shape index (κ3) is 7.33. The van der Waals surface area contributed by atoms with Gasteiger partial charge in [-0.05, 0) is 25.8 Å². The Morgan fingerprint density at radius 2 is 1.74 bits per heavy atom. The van der Waals surface area contributed by atoms with Gasteiger partial charge < -0.3 is 14.5 Å². The largest absolute Gasteiger partial charge is 0.469 e. The first-order valence-electron chi connectivity index (χ1n) is 7.38. The van der Waals surface area contributed by atoms with Gasteiger partial charge in [-0.15, -0.1) is 6.58 Å². The summed E-state index contributed by atoms with van der Waals surface area (Å²) < 4.78 is 4.66. The molecule has 4 heteroatoms. The summed E-state index contributed by atoms with van der Waals surface area (Å²) in [6.45, 7) is 10.2. The zero-order valence-electron chi connectivity index (χ0n) is 12.3. The standard InChI is InChI=1S/C15H28N2O2/c1-3-4-5-6-7-9-16-11-13-17(14-12-16)10-8-15(18)19-2/h3H,1,4-14H2,2H3. The van der Waals surface area contributed by atoms with E-state index in [2.05, 4.69) is 21.1 Å². The lowest BCUT2D eigenvalue weighted by molar-refractivity contribution is -0.141. The molecule has 19 heavy (non-hydrogen) atoms. The summed E-state index contributed by atoms with van der Waals surface area (Å²) in [5.74, 6) is -0.107. The quantitative estimate of drug-likeness (QED) is 0.363. The van der Waals surface area contributed by atoms with E-state index in [1.807, 2.05) is 6.08 Å². The average Bonchev–Trinajstić information content (AvgIpc) is 2.45. The molecule has 0 aromatic heterocycles. The molecule has 0 aromatic carbocycles. The van der Waals surface area contributed by atoms with E-state index in [-0.39, 0.29) is 5.97 Å². The molecule has 1 aliphatic heterocycles. The fourth-order valence-corrected chi connectivity index (χ4v) is 2.39. The Hall–Kier alpha value is -0.870. The van der Waals surface area contributed by atoms with Crippen LogP contribution in [-0.2, 0) is 9.53 Å². The maximum atomic E-state index is 11.1. The Labute approximate surface area is 117 Å². The van der Waals surface area contributed by atoms with Crippen LogP contribution in [0, 0.1) is 0 Å². The van der Waals surface area contributed by atoms with Gasteiger partial charge in [0.15, 0.2) is 0 Å². The second-order valence-electron chi connectivity index (χ2n) is 5.15. The Balaban J connectivity index is 2.02.